The Morgan fingerprint density at radius 2 is 1.78 bits per heavy atom. The first-order valence-electron chi connectivity index (χ1n) is 7.53. The highest BCUT2D eigenvalue weighted by atomic mass is 15.3. The average Bonchev–Trinajstić information content (AvgIpc) is 2.42. The molecule has 0 aliphatic carbocycles. The number of hydrogen-bond acceptors (Lipinski definition) is 2. The van der Waals surface area contributed by atoms with Crippen molar-refractivity contribution in [1.29, 1.82) is 0 Å². The van der Waals surface area contributed by atoms with Crippen LogP contribution in [0.3, 0.4) is 0 Å². The van der Waals surface area contributed by atoms with Crippen molar-refractivity contribution in [1.82, 2.24) is 9.80 Å². The maximum absolute atomic E-state index is 6.04. The molecule has 0 bridgehead atoms. The highest BCUT2D eigenvalue weighted by Gasteiger charge is 2.15. The Hall–Kier alpha value is -0.770. The second-order valence-electron chi connectivity index (χ2n) is 5.81. The third kappa shape index (κ3) is 4.16. The monoisotopic (exact) mass is 252 g/mol. The summed E-state index contributed by atoms with van der Waals surface area (Å²) >= 11 is 0. The summed E-state index contributed by atoms with van der Waals surface area (Å²) in [6.45, 7) is 8.94. The zero-order chi connectivity index (χ0) is 12.8. The molecule has 0 atom stereocenters. The van der Waals surface area contributed by atoms with E-state index in [0.29, 0.717) is 0 Å². The van der Waals surface area contributed by atoms with Gasteiger partial charge in [-0.25, -0.2) is 0 Å². The van der Waals surface area contributed by atoms with Crippen molar-refractivity contribution < 1.29 is 0 Å². The van der Waals surface area contributed by atoms with E-state index in [-0.39, 0.29) is 0 Å². The van der Waals surface area contributed by atoms with Gasteiger partial charge in [-0.3, -0.25) is 4.99 Å². The first kappa shape index (κ1) is 13.7. The Morgan fingerprint density at radius 3 is 2.44 bits per heavy atom. The topological polar surface area (TPSA) is 44.9 Å². The van der Waals surface area contributed by atoms with Crippen LogP contribution < -0.4 is 5.73 Å². The molecule has 4 heteroatoms. The van der Waals surface area contributed by atoms with E-state index in [9.17, 15) is 0 Å². The molecule has 104 valence electrons. The van der Waals surface area contributed by atoms with Gasteiger partial charge in [0, 0.05) is 19.6 Å². The molecular weight excluding hydrogens is 224 g/mol. The minimum atomic E-state index is 0.764. The number of guanidine groups is 1. The lowest BCUT2D eigenvalue weighted by molar-refractivity contribution is 0.197. The minimum Gasteiger partial charge on any atom is -0.370 e. The molecule has 0 spiro atoms. The standard InChI is InChI=1S/C14H28N4/c1-13-5-10-17(11-6-13)12-7-16-14(15)18-8-3-2-4-9-18/h13H,2-12H2,1H3,(H2,15,16). The molecule has 4 nitrogen and oxygen atoms in total. The second-order valence-corrected chi connectivity index (χ2v) is 5.81. The van der Waals surface area contributed by atoms with E-state index in [1.807, 2.05) is 0 Å². The van der Waals surface area contributed by atoms with E-state index in [2.05, 4.69) is 21.7 Å². The fourth-order valence-electron chi connectivity index (χ4n) is 2.81. The Kier molecular flexibility index (Phi) is 5.29. The van der Waals surface area contributed by atoms with E-state index in [1.165, 1.54) is 45.2 Å². The van der Waals surface area contributed by atoms with Crippen molar-refractivity contribution in [2.24, 2.45) is 16.6 Å². The van der Waals surface area contributed by atoms with Crippen LogP contribution in [0.15, 0.2) is 4.99 Å². The normalized spacial score (nSPS) is 24.5. The van der Waals surface area contributed by atoms with Crippen LogP contribution in [-0.4, -0.2) is 55.0 Å². The van der Waals surface area contributed by atoms with Gasteiger partial charge >= 0.3 is 0 Å². The second kappa shape index (κ2) is 6.98. The van der Waals surface area contributed by atoms with Crippen LogP contribution in [0, 0.1) is 5.92 Å². The maximum Gasteiger partial charge on any atom is 0.191 e. The number of nitrogens with zero attached hydrogens (tertiary/aromatic N) is 3. The number of hydrogen-bond donors (Lipinski definition) is 1. The first-order chi connectivity index (χ1) is 8.75. The summed E-state index contributed by atoms with van der Waals surface area (Å²) in [4.78, 5) is 9.30. The molecule has 2 heterocycles. The molecular formula is C14H28N4. The van der Waals surface area contributed by atoms with Crippen molar-refractivity contribution in [2.75, 3.05) is 39.3 Å². The molecule has 0 radical (unpaired) electrons. The maximum atomic E-state index is 6.04. The van der Waals surface area contributed by atoms with E-state index in [0.717, 1.165) is 38.1 Å². The lowest BCUT2D eigenvalue weighted by Gasteiger charge is -2.30. The van der Waals surface area contributed by atoms with Crippen LogP contribution in [0.5, 0.6) is 0 Å². The summed E-state index contributed by atoms with van der Waals surface area (Å²) in [7, 11) is 0. The SMILES string of the molecule is CC1CCN(CCN=C(N)N2CCCCC2)CC1. The van der Waals surface area contributed by atoms with Gasteiger partial charge in [0.1, 0.15) is 0 Å². The van der Waals surface area contributed by atoms with Crippen LogP contribution in [0.1, 0.15) is 39.0 Å². The van der Waals surface area contributed by atoms with Crippen LogP contribution in [-0.2, 0) is 0 Å². The van der Waals surface area contributed by atoms with Gasteiger partial charge in [0.2, 0.25) is 0 Å². The summed E-state index contributed by atoms with van der Waals surface area (Å²) in [5, 5.41) is 0. The zero-order valence-electron chi connectivity index (χ0n) is 11.8. The molecule has 0 unspecified atom stereocenters. The van der Waals surface area contributed by atoms with Gasteiger partial charge < -0.3 is 15.5 Å². The van der Waals surface area contributed by atoms with E-state index >= 15 is 0 Å². The predicted octanol–water partition coefficient (Wildman–Crippen LogP) is 1.52. The van der Waals surface area contributed by atoms with E-state index < -0.39 is 0 Å². The quantitative estimate of drug-likeness (QED) is 0.612. The van der Waals surface area contributed by atoms with Gasteiger partial charge in [-0.15, -0.1) is 0 Å². The Labute approximate surface area is 111 Å². The molecule has 2 N–H and O–H groups in total. The van der Waals surface area contributed by atoms with Gasteiger partial charge in [0.15, 0.2) is 5.96 Å². The molecule has 2 rings (SSSR count). The van der Waals surface area contributed by atoms with Gasteiger partial charge in [0.25, 0.3) is 0 Å². The van der Waals surface area contributed by atoms with Crippen LogP contribution in [0.25, 0.3) is 0 Å². The Bertz CT molecular complexity index is 263. The van der Waals surface area contributed by atoms with Crippen molar-refractivity contribution in [3.8, 4) is 0 Å². The predicted molar refractivity (Wildman–Crippen MR) is 76.8 cm³/mol. The smallest absolute Gasteiger partial charge is 0.191 e. The molecule has 2 saturated heterocycles. The molecule has 0 saturated carbocycles. The Morgan fingerprint density at radius 1 is 1.11 bits per heavy atom. The van der Waals surface area contributed by atoms with Crippen LogP contribution in [0.4, 0.5) is 0 Å². The summed E-state index contributed by atoms with van der Waals surface area (Å²) < 4.78 is 0. The van der Waals surface area contributed by atoms with Gasteiger partial charge in [-0.1, -0.05) is 6.92 Å². The average molecular weight is 252 g/mol. The molecule has 0 aromatic carbocycles. The van der Waals surface area contributed by atoms with E-state index in [4.69, 9.17) is 5.73 Å². The molecule has 2 aliphatic rings. The van der Waals surface area contributed by atoms with Crippen molar-refractivity contribution in [2.45, 2.75) is 39.0 Å². The molecule has 18 heavy (non-hydrogen) atoms. The number of piperidine rings is 2. The van der Waals surface area contributed by atoms with Crippen molar-refractivity contribution in [3.63, 3.8) is 0 Å². The fourth-order valence-corrected chi connectivity index (χ4v) is 2.81. The number of nitrogens with two attached hydrogens (primary N) is 1. The van der Waals surface area contributed by atoms with Crippen molar-refractivity contribution >= 4 is 5.96 Å². The highest BCUT2D eigenvalue weighted by molar-refractivity contribution is 5.78. The summed E-state index contributed by atoms with van der Waals surface area (Å²) in [5.74, 6) is 1.67. The number of aliphatic imine (C=N–C) groups is 1. The number of rotatable bonds is 3. The van der Waals surface area contributed by atoms with Gasteiger partial charge in [-0.2, -0.15) is 0 Å². The van der Waals surface area contributed by atoms with Gasteiger partial charge in [-0.05, 0) is 51.1 Å². The third-order valence-corrected chi connectivity index (χ3v) is 4.25. The molecule has 0 aromatic heterocycles. The van der Waals surface area contributed by atoms with Gasteiger partial charge in [0.05, 0.1) is 6.54 Å². The lowest BCUT2D eigenvalue weighted by Crippen LogP contribution is -2.41. The lowest BCUT2D eigenvalue weighted by atomic mass is 9.99. The Balaban J connectivity index is 1.66. The third-order valence-electron chi connectivity index (χ3n) is 4.25. The first-order valence-corrected chi connectivity index (χ1v) is 7.53. The largest absolute Gasteiger partial charge is 0.370 e. The number of likely N-dealkylation sites (tertiary alicyclic amines) is 2. The minimum absolute atomic E-state index is 0.764. The molecule has 0 amide bonds. The molecule has 2 fully saturated rings. The summed E-state index contributed by atoms with van der Waals surface area (Å²) in [5.41, 5.74) is 6.04. The fraction of sp³-hybridized carbons (Fsp3) is 0.929. The van der Waals surface area contributed by atoms with Crippen molar-refractivity contribution in [3.05, 3.63) is 0 Å². The highest BCUT2D eigenvalue weighted by Crippen LogP contribution is 2.15. The molecule has 2 aliphatic heterocycles. The van der Waals surface area contributed by atoms with Crippen LogP contribution >= 0.6 is 0 Å². The molecule has 0 aromatic rings. The summed E-state index contributed by atoms with van der Waals surface area (Å²) in [6, 6.07) is 0. The van der Waals surface area contributed by atoms with Crippen LogP contribution in [0.2, 0.25) is 0 Å². The van der Waals surface area contributed by atoms with E-state index in [1.54, 1.807) is 0 Å². The zero-order valence-corrected chi connectivity index (χ0v) is 11.8. The summed E-state index contributed by atoms with van der Waals surface area (Å²) in [6.07, 6.45) is 6.55.